The number of benzene rings is 1. The van der Waals surface area contributed by atoms with Crippen LogP contribution in [0, 0.1) is 5.82 Å². The number of aliphatic carboxylic acids is 1. The summed E-state index contributed by atoms with van der Waals surface area (Å²) in [6.45, 7) is -1.30. The number of hydrogen-bond acceptors (Lipinski definition) is 4. The lowest BCUT2D eigenvalue weighted by molar-refractivity contribution is -0.137. The van der Waals surface area contributed by atoms with E-state index in [0.29, 0.717) is 0 Å². The molecule has 0 heterocycles. The topological polar surface area (TPSA) is 113 Å². The Labute approximate surface area is 108 Å². The molecule has 3 N–H and O–H groups in total. The Morgan fingerprint density at radius 1 is 1.21 bits per heavy atom. The average Bonchev–Trinajstić information content (AvgIpc) is 2.34. The highest BCUT2D eigenvalue weighted by Gasteiger charge is 2.19. The molecule has 9 heteroatoms. The summed E-state index contributed by atoms with van der Waals surface area (Å²) < 4.78 is 38.4. The van der Waals surface area contributed by atoms with Crippen LogP contribution in [0.4, 0.5) is 4.39 Å². The lowest BCUT2D eigenvalue weighted by atomic mass is 10.4. The second kappa shape index (κ2) is 6.25. The fraction of sp³-hybridized carbons (Fsp3) is 0.200. The van der Waals surface area contributed by atoms with Crippen molar-refractivity contribution in [3.63, 3.8) is 0 Å². The van der Waals surface area contributed by atoms with Crippen molar-refractivity contribution in [2.24, 2.45) is 0 Å². The van der Waals surface area contributed by atoms with Gasteiger partial charge < -0.3 is 10.4 Å². The zero-order valence-corrected chi connectivity index (χ0v) is 10.4. The average molecular weight is 290 g/mol. The molecule has 1 amide bonds. The number of halogens is 1. The third-order valence-electron chi connectivity index (χ3n) is 1.99. The second-order valence-corrected chi connectivity index (χ2v) is 5.16. The van der Waals surface area contributed by atoms with Crippen LogP contribution in [-0.2, 0) is 19.6 Å². The van der Waals surface area contributed by atoms with Crippen LogP contribution in [0.1, 0.15) is 0 Å². The van der Waals surface area contributed by atoms with Gasteiger partial charge in [0.2, 0.25) is 15.9 Å². The van der Waals surface area contributed by atoms with Gasteiger partial charge >= 0.3 is 5.97 Å². The number of sulfonamides is 1. The Balaban J connectivity index is 2.64. The smallest absolute Gasteiger partial charge is 0.322 e. The molecule has 1 aromatic carbocycles. The van der Waals surface area contributed by atoms with Crippen molar-refractivity contribution in [3.05, 3.63) is 30.1 Å². The predicted octanol–water partition coefficient (Wildman–Crippen LogP) is -0.695. The summed E-state index contributed by atoms with van der Waals surface area (Å²) in [6.07, 6.45) is 0. The molecule has 0 aliphatic carbocycles. The monoisotopic (exact) mass is 290 g/mol. The van der Waals surface area contributed by atoms with Gasteiger partial charge in [0.25, 0.3) is 0 Å². The maximum atomic E-state index is 13.3. The third-order valence-corrected chi connectivity index (χ3v) is 3.42. The second-order valence-electron chi connectivity index (χ2n) is 3.43. The molecule has 0 spiro atoms. The molecule has 1 rings (SSSR count). The number of carboxylic acid groups (broad SMARTS) is 1. The molecular formula is C10H11FN2O5S. The van der Waals surface area contributed by atoms with E-state index in [-0.39, 0.29) is 0 Å². The molecule has 0 radical (unpaired) electrons. The van der Waals surface area contributed by atoms with Gasteiger partial charge in [-0.05, 0) is 12.1 Å². The van der Waals surface area contributed by atoms with Crippen LogP contribution < -0.4 is 10.0 Å². The van der Waals surface area contributed by atoms with E-state index in [4.69, 9.17) is 5.11 Å². The Morgan fingerprint density at radius 2 is 1.84 bits per heavy atom. The van der Waals surface area contributed by atoms with E-state index in [2.05, 4.69) is 0 Å². The van der Waals surface area contributed by atoms with E-state index >= 15 is 0 Å². The Morgan fingerprint density at radius 3 is 2.42 bits per heavy atom. The molecular weight excluding hydrogens is 279 g/mol. The highest BCUT2D eigenvalue weighted by molar-refractivity contribution is 7.89. The predicted molar refractivity (Wildman–Crippen MR) is 62.2 cm³/mol. The Kier molecular flexibility index (Phi) is 4.95. The summed E-state index contributed by atoms with van der Waals surface area (Å²) in [5, 5.41) is 10.3. The lowest BCUT2D eigenvalue weighted by Crippen LogP contribution is -2.39. The van der Waals surface area contributed by atoms with Gasteiger partial charge in [0.1, 0.15) is 17.3 Å². The number of carboxylic acids is 1. The number of hydrogen-bond donors (Lipinski definition) is 3. The molecule has 0 unspecified atom stereocenters. The molecule has 0 aromatic heterocycles. The number of carbonyl (C=O) groups excluding carboxylic acids is 1. The molecule has 0 bridgehead atoms. The molecule has 0 fully saturated rings. The van der Waals surface area contributed by atoms with E-state index in [1.165, 1.54) is 12.1 Å². The van der Waals surface area contributed by atoms with Gasteiger partial charge in [0.05, 0.1) is 6.54 Å². The number of rotatable bonds is 6. The first-order chi connectivity index (χ1) is 8.83. The van der Waals surface area contributed by atoms with Crippen LogP contribution in [-0.4, -0.2) is 38.5 Å². The third kappa shape index (κ3) is 4.64. The fourth-order valence-electron chi connectivity index (χ4n) is 1.14. The number of carbonyl (C=O) groups is 2. The van der Waals surface area contributed by atoms with Crippen LogP contribution in [0.15, 0.2) is 29.2 Å². The SMILES string of the molecule is O=C(O)CNC(=O)CNS(=O)(=O)c1ccccc1F. The first-order valence-electron chi connectivity index (χ1n) is 5.05. The summed E-state index contributed by atoms with van der Waals surface area (Å²) in [6, 6.07) is 4.68. The van der Waals surface area contributed by atoms with Crippen LogP contribution in [0.3, 0.4) is 0 Å². The number of nitrogens with one attached hydrogen (secondary N) is 2. The molecule has 0 aliphatic heterocycles. The Bertz CT molecular complexity index is 587. The van der Waals surface area contributed by atoms with Gasteiger partial charge in [-0.25, -0.2) is 17.5 Å². The van der Waals surface area contributed by atoms with Crippen molar-refractivity contribution in [1.29, 1.82) is 0 Å². The molecule has 0 atom stereocenters. The van der Waals surface area contributed by atoms with Crippen molar-refractivity contribution in [1.82, 2.24) is 10.0 Å². The maximum absolute atomic E-state index is 13.3. The van der Waals surface area contributed by atoms with Crippen LogP contribution in [0.2, 0.25) is 0 Å². The van der Waals surface area contributed by atoms with Crippen molar-refractivity contribution in [2.45, 2.75) is 4.90 Å². The van der Waals surface area contributed by atoms with Gasteiger partial charge in [0, 0.05) is 0 Å². The van der Waals surface area contributed by atoms with Crippen molar-refractivity contribution in [3.8, 4) is 0 Å². The van der Waals surface area contributed by atoms with Crippen molar-refractivity contribution >= 4 is 21.9 Å². The van der Waals surface area contributed by atoms with Gasteiger partial charge in [-0.15, -0.1) is 0 Å². The summed E-state index contributed by atoms with van der Waals surface area (Å²) in [5.41, 5.74) is 0. The zero-order chi connectivity index (χ0) is 14.5. The summed E-state index contributed by atoms with van der Waals surface area (Å²) >= 11 is 0. The maximum Gasteiger partial charge on any atom is 0.322 e. The molecule has 0 saturated heterocycles. The lowest BCUT2D eigenvalue weighted by Gasteiger charge is -2.07. The molecule has 0 saturated carbocycles. The molecule has 19 heavy (non-hydrogen) atoms. The highest BCUT2D eigenvalue weighted by atomic mass is 32.2. The van der Waals surface area contributed by atoms with Gasteiger partial charge in [-0.2, -0.15) is 0 Å². The van der Waals surface area contributed by atoms with E-state index in [1.54, 1.807) is 0 Å². The van der Waals surface area contributed by atoms with Gasteiger partial charge in [0.15, 0.2) is 0 Å². The van der Waals surface area contributed by atoms with E-state index in [0.717, 1.165) is 12.1 Å². The first-order valence-corrected chi connectivity index (χ1v) is 6.54. The minimum atomic E-state index is -4.16. The van der Waals surface area contributed by atoms with E-state index in [1.807, 2.05) is 10.0 Å². The normalized spacial score (nSPS) is 11.0. The first kappa shape index (κ1) is 15.1. The quantitative estimate of drug-likeness (QED) is 0.641. The minimum absolute atomic E-state index is 0.582. The summed E-state index contributed by atoms with van der Waals surface area (Å²) in [5.74, 6) is -3.03. The fourth-order valence-corrected chi connectivity index (χ4v) is 2.20. The van der Waals surface area contributed by atoms with Gasteiger partial charge in [-0.3, -0.25) is 9.59 Å². The highest BCUT2D eigenvalue weighted by Crippen LogP contribution is 2.12. The zero-order valence-electron chi connectivity index (χ0n) is 9.59. The van der Waals surface area contributed by atoms with Crippen molar-refractivity contribution < 1.29 is 27.5 Å². The van der Waals surface area contributed by atoms with Crippen LogP contribution in [0.5, 0.6) is 0 Å². The van der Waals surface area contributed by atoms with Gasteiger partial charge in [-0.1, -0.05) is 12.1 Å². The number of amides is 1. The molecule has 104 valence electrons. The molecule has 1 aromatic rings. The standard InChI is InChI=1S/C10H11FN2O5S/c11-7-3-1-2-4-8(7)19(17,18)13-5-9(14)12-6-10(15)16/h1-4,13H,5-6H2,(H,12,14)(H,15,16). The minimum Gasteiger partial charge on any atom is -0.480 e. The summed E-state index contributed by atoms with van der Waals surface area (Å²) in [7, 11) is -4.16. The summed E-state index contributed by atoms with van der Waals surface area (Å²) in [4.78, 5) is 20.7. The van der Waals surface area contributed by atoms with Crippen molar-refractivity contribution in [2.75, 3.05) is 13.1 Å². The Hall–Kier alpha value is -2.00. The molecule has 0 aliphatic rings. The van der Waals surface area contributed by atoms with Crippen LogP contribution >= 0.6 is 0 Å². The largest absolute Gasteiger partial charge is 0.480 e. The van der Waals surface area contributed by atoms with Crippen LogP contribution in [0.25, 0.3) is 0 Å². The van der Waals surface area contributed by atoms with E-state index < -0.39 is 45.7 Å². The van der Waals surface area contributed by atoms with E-state index in [9.17, 15) is 22.4 Å². The molecule has 7 nitrogen and oxygen atoms in total.